The zero-order valence-electron chi connectivity index (χ0n) is 12.3. The van der Waals surface area contributed by atoms with Gasteiger partial charge in [-0.2, -0.15) is 5.26 Å². The minimum absolute atomic E-state index is 0.0535. The molecule has 0 saturated carbocycles. The van der Waals surface area contributed by atoms with Crippen LogP contribution in [0.25, 0.3) is 11.1 Å². The van der Waals surface area contributed by atoms with E-state index in [2.05, 4.69) is 6.07 Å². The molecule has 2 heterocycles. The summed E-state index contributed by atoms with van der Waals surface area (Å²) >= 11 is 1.44. The number of rotatable bonds is 2. The van der Waals surface area contributed by atoms with Gasteiger partial charge in [-0.1, -0.05) is 13.0 Å². The molecule has 1 aliphatic rings. The third kappa shape index (κ3) is 2.11. The number of carbonyl (C=O) groups is 1. The van der Waals surface area contributed by atoms with E-state index in [4.69, 9.17) is 10.5 Å². The van der Waals surface area contributed by atoms with Crippen molar-refractivity contribution in [3.05, 3.63) is 28.6 Å². The highest BCUT2D eigenvalue weighted by molar-refractivity contribution is 7.16. The number of carbonyl (C=O) groups excluding carboxylic acids is 1. The number of benzene rings is 1. The second kappa shape index (κ2) is 5.35. The van der Waals surface area contributed by atoms with E-state index in [1.807, 2.05) is 25.1 Å². The van der Waals surface area contributed by atoms with Gasteiger partial charge >= 0.3 is 0 Å². The summed E-state index contributed by atoms with van der Waals surface area (Å²) in [5.41, 5.74) is 8.92. The van der Waals surface area contributed by atoms with Crippen LogP contribution in [0.1, 0.15) is 17.4 Å². The predicted octanol–water partition coefficient (Wildman–Crippen LogP) is 2.79. The third-order valence-electron chi connectivity index (χ3n) is 3.78. The van der Waals surface area contributed by atoms with E-state index < -0.39 is 0 Å². The fourth-order valence-corrected chi connectivity index (χ4v) is 3.57. The molecule has 5 nitrogen and oxygen atoms in total. The number of fused-ring (bicyclic) bond motifs is 1. The Morgan fingerprint density at radius 3 is 2.95 bits per heavy atom. The summed E-state index contributed by atoms with van der Waals surface area (Å²) in [6.45, 7) is 2.09. The lowest BCUT2D eigenvalue weighted by Crippen LogP contribution is -2.35. The lowest BCUT2D eigenvalue weighted by Gasteiger charge is -2.26. The van der Waals surface area contributed by atoms with Gasteiger partial charge in [0.2, 0.25) is 0 Å². The molecule has 112 valence electrons. The summed E-state index contributed by atoms with van der Waals surface area (Å²) in [6, 6.07) is 7.82. The standard InChI is InChI=1S/C16H15N3O2S/c1-3-13-15(10(7-17)16(18)22-13)9-4-5-12-11(6-9)19(2)14(20)8-21-12/h4-6H,3,8,18H2,1-2H3. The Labute approximate surface area is 132 Å². The zero-order valence-corrected chi connectivity index (χ0v) is 13.2. The molecule has 3 rings (SSSR count). The number of ether oxygens (including phenoxy) is 1. The van der Waals surface area contributed by atoms with Crippen molar-refractivity contribution in [3.63, 3.8) is 0 Å². The van der Waals surface area contributed by atoms with Crippen LogP contribution in [0.5, 0.6) is 5.75 Å². The summed E-state index contributed by atoms with van der Waals surface area (Å²) in [6.07, 6.45) is 0.800. The lowest BCUT2D eigenvalue weighted by molar-refractivity contribution is -0.120. The molecular formula is C16H15N3O2S. The van der Waals surface area contributed by atoms with E-state index >= 15 is 0 Å². The Hall–Kier alpha value is -2.52. The van der Waals surface area contributed by atoms with Crippen LogP contribution in [-0.4, -0.2) is 19.6 Å². The normalized spacial score (nSPS) is 13.5. The van der Waals surface area contributed by atoms with Crippen molar-refractivity contribution >= 4 is 27.9 Å². The van der Waals surface area contributed by atoms with Crippen molar-refractivity contribution in [2.45, 2.75) is 13.3 Å². The van der Waals surface area contributed by atoms with Gasteiger partial charge in [0, 0.05) is 17.5 Å². The number of nitrogens with zero attached hydrogens (tertiary/aromatic N) is 2. The molecule has 1 aliphatic heterocycles. The van der Waals surface area contributed by atoms with Crippen LogP contribution >= 0.6 is 11.3 Å². The van der Waals surface area contributed by atoms with Crippen LogP contribution in [0.15, 0.2) is 18.2 Å². The van der Waals surface area contributed by atoms with Gasteiger partial charge in [-0.15, -0.1) is 11.3 Å². The fourth-order valence-electron chi connectivity index (χ4n) is 2.59. The third-order valence-corrected chi connectivity index (χ3v) is 4.94. The van der Waals surface area contributed by atoms with E-state index in [9.17, 15) is 10.1 Å². The molecule has 0 radical (unpaired) electrons. The van der Waals surface area contributed by atoms with Crippen molar-refractivity contribution in [3.8, 4) is 22.9 Å². The molecule has 1 aromatic carbocycles. The molecule has 6 heteroatoms. The molecular weight excluding hydrogens is 298 g/mol. The van der Waals surface area contributed by atoms with Crippen molar-refractivity contribution in [1.29, 1.82) is 5.26 Å². The summed E-state index contributed by atoms with van der Waals surface area (Å²) in [4.78, 5) is 14.4. The Morgan fingerprint density at radius 2 is 2.27 bits per heavy atom. The van der Waals surface area contributed by atoms with Gasteiger partial charge in [0.25, 0.3) is 5.91 Å². The average molecular weight is 313 g/mol. The molecule has 0 atom stereocenters. The smallest absolute Gasteiger partial charge is 0.264 e. The predicted molar refractivity (Wildman–Crippen MR) is 87.2 cm³/mol. The van der Waals surface area contributed by atoms with E-state index in [0.29, 0.717) is 22.0 Å². The van der Waals surface area contributed by atoms with Crippen LogP contribution in [0.3, 0.4) is 0 Å². The molecule has 0 bridgehead atoms. The number of hydrogen-bond acceptors (Lipinski definition) is 5. The molecule has 0 unspecified atom stereocenters. The van der Waals surface area contributed by atoms with Gasteiger partial charge in [-0.05, 0) is 24.1 Å². The molecule has 0 saturated heterocycles. The maximum atomic E-state index is 11.8. The van der Waals surface area contributed by atoms with Crippen molar-refractivity contribution < 1.29 is 9.53 Å². The molecule has 2 aromatic rings. The van der Waals surface area contributed by atoms with Gasteiger partial charge < -0.3 is 15.4 Å². The van der Waals surface area contributed by atoms with E-state index in [0.717, 1.165) is 22.4 Å². The molecule has 1 aromatic heterocycles. The van der Waals surface area contributed by atoms with Crippen LogP contribution in [0.2, 0.25) is 0 Å². The number of aryl methyl sites for hydroxylation is 1. The number of anilines is 2. The molecule has 0 spiro atoms. The second-order valence-electron chi connectivity index (χ2n) is 5.03. The number of hydrogen-bond donors (Lipinski definition) is 1. The highest BCUT2D eigenvalue weighted by Gasteiger charge is 2.24. The number of amides is 1. The topological polar surface area (TPSA) is 79.4 Å². The molecule has 0 aliphatic carbocycles. The van der Waals surface area contributed by atoms with Gasteiger partial charge in [0.05, 0.1) is 11.3 Å². The quantitative estimate of drug-likeness (QED) is 0.924. The SMILES string of the molecule is CCc1sc(N)c(C#N)c1-c1ccc2c(c1)N(C)C(=O)CO2. The number of likely N-dealkylation sites (N-methyl/N-ethyl adjacent to an activating group) is 1. The van der Waals surface area contributed by atoms with Gasteiger partial charge in [-0.25, -0.2) is 0 Å². The Morgan fingerprint density at radius 1 is 1.50 bits per heavy atom. The first-order chi connectivity index (χ1) is 10.6. The number of nitrogen functional groups attached to an aromatic ring is 1. The second-order valence-corrected chi connectivity index (χ2v) is 6.17. The highest BCUT2D eigenvalue weighted by Crippen LogP contribution is 2.42. The number of nitriles is 1. The maximum absolute atomic E-state index is 11.8. The molecule has 0 fully saturated rings. The van der Waals surface area contributed by atoms with Gasteiger partial charge in [0.1, 0.15) is 16.8 Å². The Bertz CT molecular complexity index is 804. The summed E-state index contributed by atoms with van der Waals surface area (Å²) < 4.78 is 5.44. The fraction of sp³-hybridized carbons (Fsp3) is 0.250. The first-order valence-corrected chi connectivity index (χ1v) is 7.73. The van der Waals surface area contributed by atoms with Crippen LogP contribution < -0.4 is 15.4 Å². The molecule has 2 N–H and O–H groups in total. The van der Waals surface area contributed by atoms with E-state index in [-0.39, 0.29) is 12.5 Å². The van der Waals surface area contributed by atoms with Crippen molar-refractivity contribution in [2.24, 2.45) is 0 Å². The highest BCUT2D eigenvalue weighted by atomic mass is 32.1. The molecule has 22 heavy (non-hydrogen) atoms. The number of thiophene rings is 1. The van der Waals surface area contributed by atoms with Gasteiger partial charge in [0.15, 0.2) is 6.61 Å². The maximum Gasteiger partial charge on any atom is 0.264 e. The lowest BCUT2D eigenvalue weighted by atomic mass is 9.99. The number of nitrogens with two attached hydrogens (primary N) is 1. The van der Waals surface area contributed by atoms with Crippen LogP contribution in [-0.2, 0) is 11.2 Å². The molecule has 1 amide bonds. The summed E-state index contributed by atoms with van der Waals surface area (Å²) in [5, 5.41) is 9.92. The average Bonchev–Trinajstić information content (AvgIpc) is 2.86. The van der Waals surface area contributed by atoms with Crippen LogP contribution in [0, 0.1) is 11.3 Å². The summed E-state index contributed by atoms with van der Waals surface area (Å²) in [5.74, 6) is 0.580. The minimum atomic E-state index is -0.0919. The Balaban J connectivity index is 2.19. The van der Waals surface area contributed by atoms with Gasteiger partial charge in [-0.3, -0.25) is 4.79 Å². The monoisotopic (exact) mass is 313 g/mol. The van der Waals surface area contributed by atoms with Crippen molar-refractivity contribution in [2.75, 3.05) is 24.3 Å². The minimum Gasteiger partial charge on any atom is -0.482 e. The largest absolute Gasteiger partial charge is 0.482 e. The Kier molecular flexibility index (Phi) is 3.51. The summed E-state index contributed by atoms with van der Waals surface area (Å²) in [7, 11) is 1.72. The van der Waals surface area contributed by atoms with E-state index in [1.165, 1.54) is 11.3 Å². The van der Waals surface area contributed by atoms with Crippen LogP contribution in [0.4, 0.5) is 10.7 Å². The van der Waals surface area contributed by atoms with E-state index in [1.54, 1.807) is 11.9 Å². The van der Waals surface area contributed by atoms with Crippen molar-refractivity contribution in [1.82, 2.24) is 0 Å². The zero-order chi connectivity index (χ0) is 15.9. The first kappa shape index (κ1) is 14.4. The first-order valence-electron chi connectivity index (χ1n) is 6.91.